The van der Waals surface area contributed by atoms with Crippen molar-refractivity contribution >= 4 is 23.7 Å². The highest BCUT2D eigenvalue weighted by atomic mass is 32.2. The minimum absolute atomic E-state index is 0.0135. The molecule has 2 aromatic rings. The third-order valence-corrected chi connectivity index (χ3v) is 5.32. The summed E-state index contributed by atoms with van der Waals surface area (Å²) in [6.07, 6.45) is 5.90. The normalized spacial score (nSPS) is 19.9. The molecule has 0 aromatic carbocycles. The fourth-order valence-corrected chi connectivity index (χ4v) is 3.57. The minimum atomic E-state index is -0.449. The summed E-state index contributed by atoms with van der Waals surface area (Å²) >= 11 is 1.08. The SMILES string of the molecule is Cc1occc1-c1nnc(SCC(=O)NC(=O)NC2CCCCC2C)o1. The molecule has 0 saturated heterocycles. The fourth-order valence-electron chi connectivity index (χ4n) is 3.01. The van der Waals surface area contributed by atoms with Crippen LogP contribution in [0.1, 0.15) is 38.4 Å². The standard InChI is InChI=1S/C17H22N4O4S/c1-10-5-3-4-6-13(10)18-16(23)19-14(22)9-26-17-21-20-15(25-17)12-7-8-24-11(12)2/h7-8,10,13H,3-6,9H2,1-2H3,(H2,18,19,22,23). The molecule has 26 heavy (non-hydrogen) atoms. The summed E-state index contributed by atoms with van der Waals surface area (Å²) in [4.78, 5) is 23.9. The number of hydrogen-bond acceptors (Lipinski definition) is 7. The van der Waals surface area contributed by atoms with Crippen molar-refractivity contribution in [2.75, 3.05) is 5.75 Å². The highest BCUT2D eigenvalue weighted by Gasteiger charge is 2.23. The van der Waals surface area contributed by atoms with Crippen LogP contribution in [0.4, 0.5) is 4.79 Å². The average molecular weight is 378 g/mol. The summed E-state index contributed by atoms with van der Waals surface area (Å²) in [5, 5.41) is 13.3. The predicted molar refractivity (Wildman–Crippen MR) is 95.6 cm³/mol. The molecule has 1 saturated carbocycles. The van der Waals surface area contributed by atoms with Crippen molar-refractivity contribution in [2.24, 2.45) is 5.92 Å². The lowest BCUT2D eigenvalue weighted by atomic mass is 9.86. The number of carbonyl (C=O) groups is 2. The average Bonchev–Trinajstić information content (AvgIpc) is 3.23. The van der Waals surface area contributed by atoms with E-state index in [2.05, 4.69) is 27.8 Å². The molecule has 2 aromatic heterocycles. The topological polar surface area (TPSA) is 110 Å². The quantitative estimate of drug-likeness (QED) is 0.769. The van der Waals surface area contributed by atoms with Crippen molar-refractivity contribution in [1.29, 1.82) is 0 Å². The smallest absolute Gasteiger partial charge is 0.321 e. The van der Waals surface area contributed by atoms with Crippen LogP contribution in [0.5, 0.6) is 0 Å². The van der Waals surface area contributed by atoms with Gasteiger partial charge in [-0.05, 0) is 31.7 Å². The molecule has 0 spiro atoms. The maximum absolute atomic E-state index is 12.0. The Morgan fingerprint density at radius 3 is 2.85 bits per heavy atom. The van der Waals surface area contributed by atoms with Gasteiger partial charge in [-0.3, -0.25) is 10.1 Å². The van der Waals surface area contributed by atoms with E-state index >= 15 is 0 Å². The zero-order valence-corrected chi connectivity index (χ0v) is 15.6. The molecule has 0 bridgehead atoms. The molecule has 2 heterocycles. The predicted octanol–water partition coefficient (Wildman–Crippen LogP) is 3.13. The highest BCUT2D eigenvalue weighted by Crippen LogP contribution is 2.26. The number of carbonyl (C=O) groups excluding carboxylic acids is 2. The number of nitrogens with one attached hydrogen (secondary N) is 2. The van der Waals surface area contributed by atoms with Crippen LogP contribution in [0.15, 0.2) is 26.4 Å². The van der Waals surface area contributed by atoms with E-state index in [1.807, 2.05) is 0 Å². The van der Waals surface area contributed by atoms with Crippen molar-refractivity contribution in [3.05, 3.63) is 18.1 Å². The zero-order valence-electron chi connectivity index (χ0n) is 14.8. The number of aryl methyl sites for hydroxylation is 1. The van der Waals surface area contributed by atoms with Gasteiger partial charge in [0.2, 0.25) is 5.91 Å². The van der Waals surface area contributed by atoms with E-state index in [0.29, 0.717) is 17.6 Å². The molecule has 2 unspecified atom stereocenters. The zero-order chi connectivity index (χ0) is 18.5. The molecule has 0 aliphatic heterocycles. The summed E-state index contributed by atoms with van der Waals surface area (Å²) in [5.74, 6) is 1.05. The van der Waals surface area contributed by atoms with Crippen LogP contribution in [0.25, 0.3) is 11.5 Å². The molecule has 3 amide bonds. The Morgan fingerprint density at radius 2 is 2.12 bits per heavy atom. The number of furan rings is 1. The van der Waals surface area contributed by atoms with Gasteiger partial charge in [0.15, 0.2) is 0 Å². The van der Waals surface area contributed by atoms with Gasteiger partial charge in [0.05, 0.1) is 17.6 Å². The maximum atomic E-state index is 12.0. The van der Waals surface area contributed by atoms with E-state index < -0.39 is 11.9 Å². The Bertz CT molecular complexity index is 772. The first-order chi connectivity index (χ1) is 12.5. The first kappa shape index (κ1) is 18.5. The number of rotatable bonds is 5. The molecule has 3 rings (SSSR count). The summed E-state index contributed by atoms with van der Waals surface area (Å²) in [6, 6.07) is 1.41. The summed E-state index contributed by atoms with van der Waals surface area (Å²) in [7, 11) is 0. The molecule has 9 heteroatoms. The molecule has 140 valence electrons. The van der Waals surface area contributed by atoms with Crippen LogP contribution in [0.2, 0.25) is 0 Å². The van der Waals surface area contributed by atoms with Crippen molar-refractivity contribution in [1.82, 2.24) is 20.8 Å². The van der Waals surface area contributed by atoms with E-state index in [-0.39, 0.29) is 17.0 Å². The van der Waals surface area contributed by atoms with E-state index in [0.717, 1.165) is 36.6 Å². The van der Waals surface area contributed by atoms with E-state index in [9.17, 15) is 9.59 Å². The van der Waals surface area contributed by atoms with Gasteiger partial charge >= 0.3 is 6.03 Å². The Morgan fingerprint density at radius 1 is 1.31 bits per heavy atom. The van der Waals surface area contributed by atoms with Crippen LogP contribution >= 0.6 is 11.8 Å². The van der Waals surface area contributed by atoms with Crippen LogP contribution in [0.3, 0.4) is 0 Å². The molecule has 1 aliphatic rings. The van der Waals surface area contributed by atoms with Crippen molar-refractivity contribution in [2.45, 2.75) is 50.8 Å². The lowest BCUT2D eigenvalue weighted by molar-refractivity contribution is -0.117. The van der Waals surface area contributed by atoms with Crippen molar-refractivity contribution < 1.29 is 18.4 Å². The van der Waals surface area contributed by atoms with Gasteiger partial charge in [-0.25, -0.2) is 4.79 Å². The van der Waals surface area contributed by atoms with Crippen LogP contribution in [0, 0.1) is 12.8 Å². The maximum Gasteiger partial charge on any atom is 0.321 e. The molecule has 1 aliphatic carbocycles. The Balaban J connectivity index is 1.45. The third-order valence-electron chi connectivity index (χ3n) is 4.50. The van der Waals surface area contributed by atoms with Crippen LogP contribution in [-0.4, -0.2) is 33.9 Å². The molecular formula is C17H22N4O4S. The first-order valence-corrected chi connectivity index (χ1v) is 9.62. The second-order valence-corrected chi connectivity index (χ2v) is 7.37. The lowest BCUT2D eigenvalue weighted by Crippen LogP contribution is -2.48. The van der Waals surface area contributed by atoms with Gasteiger partial charge in [0.25, 0.3) is 11.1 Å². The number of urea groups is 1. The van der Waals surface area contributed by atoms with Gasteiger partial charge in [-0.1, -0.05) is 31.5 Å². The van der Waals surface area contributed by atoms with Gasteiger partial charge in [-0.15, -0.1) is 10.2 Å². The number of thioether (sulfide) groups is 1. The number of imide groups is 1. The molecule has 2 atom stereocenters. The molecule has 8 nitrogen and oxygen atoms in total. The summed E-state index contributed by atoms with van der Waals surface area (Å²) < 4.78 is 10.7. The van der Waals surface area contributed by atoms with Crippen molar-refractivity contribution in [3.63, 3.8) is 0 Å². The molecule has 0 radical (unpaired) electrons. The Hall–Kier alpha value is -2.29. The second kappa shape index (κ2) is 8.39. The van der Waals surface area contributed by atoms with Gasteiger partial charge in [-0.2, -0.15) is 0 Å². The summed E-state index contributed by atoms with van der Waals surface area (Å²) in [5.41, 5.74) is 0.717. The largest absolute Gasteiger partial charge is 0.469 e. The second-order valence-electron chi connectivity index (χ2n) is 6.44. The minimum Gasteiger partial charge on any atom is -0.469 e. The van der Waals surface area contributed by atoms with Crippen LogP contribution in [-0.2, 0) is 4.79 Å². The fraction of sp³-hybridized carbons (Fsp3) is 0.529. The first-order valence-electron chi connectivity index (χ1n) is 8.64. The lowest BCUT2D eigenvalue weighted by Gasteiger charge is -2.29. The van der Waals surface area contributed by atoms with E-state index in [1.54, 1.807) is 19.3 Å². The van der Waals surface area contributed by atoms with Gasteiger partial charge in [0, 0.05) is 6.04 Å². The number of hydrogen-bond donors (Lipinski definition) is 2. The van der Waals surface area contributed by atoms with Crippen LogP contribution < -0.4 is 10.6 Å². The Kier molecular flexibility index (Phi) is 5.97. The number of aromatic nitrogens is 2. The molecule has 2 N–H and O–H groups in total. The molecule has 1 fully saturated rings. The van der Waals surface area contributed by atoms with E-state index in [4.69, 9.17) is 8.83 Å². The number of amides is 3. The summed E-state index contributed by atoms with van der Waals surface area (Å²) in [6.45, 7) is 3.92. The monoisotopic (exact) mass is 378 g/mol. The Labute approximate surface area is 155 Å². The van der Waals surface area contributed by atoms with Gasteiger partial charge in [0.1, 0.15) is 5.76 Å². The van der Waals surface area contributed by atoms with E-state index in [1.165, 1.54) is 6.42 Å². The third kappa shape index (κ3) is 4.66. The highest BCUT2D eigenvalue weighted by molar-refractivity contribution is 7.99. The van der Waals surface area contributed by atoms with Crippen molar-refractivity contribution in [3.8, 4) is 11.5 Å². The molecular weight excluding hydrogens is 356 g/mol. The number of nitrogens with zero attached hydrogens (tertiary/aromatic N) is 2. The van der Waals surface area contributed by atoms with Gasteiger partial charge < -0.3 is 14.2 Å².